The van der Waals surface area contributed by atoms with E-state index in [1.165, 1.54) is 0 Å². The Kier molecular flexibility index (Phi) is 4.74. The van der Waals surface area contributed by atoms with Crippen LogP contribution in [0.5, 0.6) is 0 Å². The van der Waals surface area contributed by atoms with E-state index in [4.69, 9.17) is 0 Å². The Morgan fingerprint density at radius 3 is 2.69 bits per heavy atom. The van der Waals surface area contributed by atoms with Gasteiger partial charge in [0, 0.05) is 12.1 Å². The predicted octanol–water partition coefficient (Wildman–Crippen LogP) is 0.748. The monoisotopic (exact) mass is 228 g/mol. The molecule has 1 aliphatic heterocycles. The Bertz CT molecular complexity index is 236. The smallest absolute Gasteiger partial charge is 0.236 e. The zero-order valence-electron chi connectivity index (χ0n) is 10.6. The second-order valence-corrected chi connectivity index (χ2v) is 5.52. The Balaban J connectivity index is 2.45. The van der Waals surface area contributed by atoms with Gasteiger partial charge in [-0.3, -0.25) is 4.79 Å². The molecule has 1 aliphatic rings. The Labute approximate surface area is 98.0 Å². The zero-order chi connectivity index (χ0) is 12.2. The molecule has 1 amide bonds. The minimum Gasteiger partial charge on any atom is -0.394 e. The molecule has 1 heterocycles. The Morgan fingerprint density at radius 1 is 1.44 bits per heavy atom. The highest BCUT2D eigenvalue weighted by molar-refractivity contribution is 5.78. The zero-order valence-corrected chi connectivity index (χ0v) is 10.6. The number of nitrogens with one attached hydrogen (secondary N) is 1. The Hall–Kier alpha value is -0.610. The lowest BCUT2D eigenvalue weighted by Gasteiger charge is -2.35. The highest BCUT2D eigenvalue weighted by Crippen LogP contribution is 2.16. The minimum atomic E-state index is -0.0415. The minimum absolute atomic E-state index is 0.0306. The van der Waals surface area contributed by atoms with Crippen molar-refractivity contribution in [3.8, 4) is 0 Å². The molecule has 94 valence electrons. The van der Waals surface area contributed by atoms with E-state index in [9.17, 15) is 9.90 Å². The first kappa shape index (κ1) is 13.5. The van der Waals surface area contributed by atoms with Gasteiger partial charge in [0.15, 0.2) is 0 Å². The number of hydrogen-bond acceptors (Lipinski definition) is 3. The van der Waals surface area contributed by atoms with Gasteiger partial charge in [-0.05, 0) is 40.0 Å². The first-order valence-electron chi connectivity index (χ1n) is 6.09. The molecule has 4 nitrogen and oxygen atoms in total. The van der Waals surface area contributed by atoms with Gasteiger partial charge in [0.25, 0.3) is 0 Å². The van der Waals surface area contributed by atoms with E-state index in [1.807, 2.05) is 25.7 Å². The largest absolute Gasteiger partial charge is 0.394 e. The molecule has 0 aromatic rings. The third kappa shape index (κ3) is 4.10. The number of carbonyl (C=O) groups is 1. The molecule has 0 bridgehead atoms. The highest BCUT2D eigenvalue weighted by atomic mass is 16.3. The van der Waals surface area contributed by atoms with Gasteiger partial charge in [-0.1, -0.05) is 0 Å². The molecule has 1 fully saturated rings. The van der Waals surface area contributed by atoms with Crippen LogP contribution in [0, 0.1) is 0 Å². The summed E-state index contributed by atoms with van der Waals surface area (Å²) < 4.78 is 0. The molecule has 0 aliphatic carbocycles. The number of hydrogen-bond donors (Lipinski definition) is 2. The van der Waals surface area contributed by atoms with Gasteiger partial charge >= 0.3 is 0 Å². The van der Waals surface area contributed by atoms with Crippen LogP contribution in [0.1, 0.15) is 40.0 Å². The molecular weight excluding hydrogens is 204 g/mol. The molecule has 4 heteroatoms. The van der Waals surface area contributed by atoms with Crippen LogP contribution in [-0.4, -0.2) is 47.2 Å². The summed E-state index contributed by atoms with van der Waals surface area (Å²) in [6.45, 7) is 7.36. The maximum atomic E-state index is 12.0. The van der Waals surface area contributed by atoms with Gasteiger partial charge < -0.3 is 15.3 Å². The lowest BCUT2D eigenvalue weighted by atomic mass is 10.0. The van der Waals surface area contributed by atoms with Gasteiger partial charge in [-0.15, -0.1) is 0 Å². The van der Waals surface area contributed by atoms with Crippen LogP contribution in [-0.2, 0) is 4.79 Å². The van der Waals surface area contributed by atoms with Crippen molar-refractivity contribution in [2.75, 3.05) is 19.7 Å². The van der Waals surface area contributed by atoms with Gasteiger partial charge in [0.2, 0.25) is 5.91 Å². The number of piperidine rings is 1. The highest BCUT2D eigenvalue weighted by Gasteiger charge is 2.26. The third-order valence-corrected chi connectivity index (χ3v) is 2.93. The lowest BCUT2D eigenvalue weighted by molar-refractivity contribution is -0.135. The second kappa shape index (κ2) is 5.64. The summed E-state index contributed by atoms with van der Waals surface area (Å²) in [5.74, 6) is 0.105. The average molecular weight is 228 g/mol. The van der Waals surface area contributed by atoms with Gasteiger partial charge in [0.05, 0.1) is 19.2 Å². The first-order valence-corrected chi connectivity index (χ1v) is 6.09. The van der Waals surface area contributed by atoms with Gasteiger partial charge in [-0.2, -0.15) is 0 Å². The number of amides is 1. The van der Waals surface area contributed by atoms with Crippen molar-refractivity contribution in [3.05, 3.63) is 0 Å². The van der Waals surface area contributed by atoms with Crippen LogP contribution in [0.4, 0.5) is 0 Å². The normalized spacial score (nSPS) is 22.2. The molecule has 1 saturated heterocycles. The molecule has 0 spiro atoms. The van der Waals surface area contributed by atoms with Crippen molar-refractivity contribution in [1.82, 2.24) is 10.2 Å². The van der Waals surface area contributed by atoms with Crippen LogP contribution in [0.15, 0.2) is 0 Å². The van der Waals surface area contributed by atoms with Crippen molar-refractivity contribution in [2.45, 2.75) is 51.6 Å². The fourth-order valence-corrected chi connectivity index (χ4v) is 1.96. The van der Waals surface area contributed by atoms with E-state index in [0.717, 1.165) is 25.8 Å². The maximum Gasteiger partial charge on any atom is 0.236 e. The van der Waals surface area contributed by atoms with E-state index in [0.29, 0.717) is 6.54 Å². The molecule has 16 heavy (non-hydrogen) atoms. The van der Waals surface area contributed by atoms with Crippen LogP contribution < -0.4 is 5.32 Å². The predicted molar refractivity (Wildman–Crippen MR) is 64.2 cm³/mol. The summed E-state index contributed by atoms with van der Waals surface area (Å²) in [5.41, 5.74) is -0.0415. The molecule has 1 rings (SSSR count). The number of likely N-dealkylation sites (tertiary alicyclic amines) is 1. The molecule has 2 N–H and O–H groups in total. The number of aliphatic hydroxyl groups is 1. The van der Waals surface area contributed by atoms with Crippen LogP contribution in [0.25, 0.3) is 0 Å². The molecule has 0 aromatic heterocycles. The summed E-state index contributed by atoms with van der Waals surface area (Å²) in [7, 11) is 0. The molecule has 0 saturated carbocycles. The number of rotatable bonds is 3. The van der Waals surface area contributed by atoms with Crippen LogP contribution in [0.2, 0.25) is 0 Å². The number of carbonyl (C=O) groups excluding carboxylic acids is 1. The summed E-state index contributed by atoms with van der Waals surface area (Å²) >= 11 is 0. The van der Waals surface area contributed by atoms with E-state index in [-0.39, 0.29) is 24.1 Å². The lowest BCUT2D eigenvalue weighted by Crippen LogP contribution is -2.51. The van der Waals surface area contributed by atoms with Crippen molar-refractivity contribution < 1.29 is 9.90 Å². The van der Waals surface area contributed by atoms with E-state index in [2.05, 4.69) is 5.32 Å². The maximum absolute atomic E-state index is 12.0. The van der Waals surface area contributed by atoms with Crippen LogP contribution in [0.3, 0.4) is 0 Å². The average Bonchev–Trinajstić information content (AvgIpc) is 2.25. The number of aliphatic hydroxyl groups excluding tert-OH is 1. The van der Waals surface area contributed by atoms with E-state index in [1.54, 1.807) is 0 Å². The molecular formula is C12H24N2O2. The van der Waals surface area contributed by atoms with Crippen molar-refractivity contribution in [3.63, 3.8) is 0 Å². The summed E-state index contributed by atoms with van der Waals surface area (Å²) in [6, 6.07) is 0.0306. The Morgan fingerprint density at radius 2 is 2.12 bits per heavy atom. The summed E-state index contributed by atoms with van der Waals surface area (Å²) in [4.78, 5) is 13.8. The second-order valence-electron chi connectivity index (χ2n) is 5.52. The van der Waals surface area contributed by atoms with Crippen molar-refractivity contribution >= 4 is 5.91 Å². The van der Waals surface area contributed by atoms with Crippen molar-refractivity contribution in [1.29, 1.82) is 0 Å². The number of nitrogens with zero attached hydrogens (tertiary/aromatic N) is 1. The van der Waals surface area contributed by atoms with Crippen LogP contribution >= 0.6 is 0 Å². The van der Waals surface area contributed by atoms with E-state index < -0.39 is 0 Å². The molecule has 0 aromatic carbocycles. The fourth-order valence-electron chi connectivity index (χ4n) is 1.96. The first-order chi connectivity index (χ1) is 7.44. The molecule has 0 radical (unpaired) electrons. The van der Waals surface area contributed by atoms with E-state index >= 15 is 0 Å². The molecule has 1 unspecified atom stereocenters. The van der Waals surface area contributed by atoms with Gasteiger partial charge in [-0.25, -0.2) is 0 Å². The van der Waals surface area contributed by atoms with Crippen molar-refractivity contribution in [2.24, 2.45) is 0 Å². The topological polar surface area (TPSA) is 52.6 Å². The summed E-state index contributed by atoms with van der Waals surface area (Å²) in [5, 5.41) is 12.4. The standard InChI is InChI=1S/C12H24N2O2/c1-12(2,3)13-8-11(16)14-7-5-4-6-10(14)9-15/h10,13,15H,4-9H2,1-3H3. The fraction of sp³-hybridized carbons (Fsp3) is 0.917. The molecule has 1 atom stereocenters. The quantitative estimate of drug-likeness (QED) is 0.749. The summed E-state index contributed by atoms with van der Waals surface area (Å²) in [6.07, 6.45) is 3.09. The van der Waals surface area contributed by atoms with Gasteiger partial charge in [0.1, 0.15) is 0 Å². The third-order valence-electron chi connectivity index (χ3n) is 2.93. The SMILES string of the molecule is CC(C)(C)NCC(=O)N1CCCCC1CO.